The Bertz CT molecular complexity index is 746. The lowest BCUT2D eigenvalue weighted by molar-refractivity contribution is -0.114. The van der Waals surface area contributed by atoms with E-state index >= 15 is 0 Å². The minimum absolute atomic E-state index is 0.0705. The molecule has 0 atom stereocenters. The largest absolute Gasteiger partial charge is 0.494 e. The Labute approximate surface area is 174 Å². The van der Waals surface area contributed by atoms with Crippen molar-refractivity contribution >= 4 is 17.3 Å². The third kappa shape index (κ3) is 8.90. The van der Waals surface area contributed by atoms with Crippen molar-refractivity contribution in [1.82, 2.24) is 0 Å². The number of hydrogen-bond donors (Lipinski definition) is 2. The number of rotatable bonds is 13. The Kier molecular flexibility index (Phi) is 9.90. The SMILES string of the molecule is CCCCCCCOc1cccc(NC(=O)CNc2ccccc2OC(C)C)c1. The number of nitrogens with one attached hydrogen (secondary N) is 2. The molecule has 2 aromatic rings. The molecule has 1 amide bonds. The number of para-hydroxylation sites is 2. The first-order valence-corrected chi connectivity index (χ1v) is 10.6. The lowest BCUT2D eigenvalue weighted by Gasteiger charge is -2.15. The molecule has 0 aliphatic rings. The van der Waals surface area contributed by atoms with Crippen molar-refractivity contribution < 1.29 is 14.3 Å². The van der Waals surface area contributed by atoms with Crippen molar-refractivity contribution in [3.63, 3.8) is 0 Å². The zero-order valence-electron chi connectivity index (χ0n) is 17.9. The summed E-state index contributed by atoms with van der Waals surface area (Å²) in [7, 11) is 0. The van der Waals surface area contributed by atoms with E-state index in [9.17, 15) is 4.79 Å². The second kappa shape index (κ2) is 12.7. The fourth-order valence-corrected chi connectivity index (χ4v) is 2.91. The number of unbranched alkanes of at least 4 members (excludes halogenated alkanes) is 4. The second-order valence-electron chi connectivity index (χ2n) is 7.36. The van der Waals surface area contributed by atoms with Gasteiger partial charge in [0.2, 0.25) is 5.91 Å². The van der Waals surface area contributed by atoms with Gasteiger partial charge in [-0.1, -0.05) is 50.8 Å². The van der Waals surface area contributed by atoms with Crippen LogP contribution < -0.4 is 20.1 Å². The molecule has 29 heavy (non-hydrogen) atoms. The molecule has 0 bridgehead atoms. The summed E-state index contributed by atoms with van der Waals surface area (Å²) in [6.07, 6.45) is 6.10. The van der Waals surface area contributed by atoms with E-state index in [0.29, 0.717) is 6.61 Å². The average Bonchev–Trinajstić information content (AvgIpc) is 2.70. The van der Waals surface area contributed by atoms with E-state index < -0.39 is 0 Å². The Morgan fingerprint density at radius 3 is 2.59 bits per heavy atom. The summed E-state index contributed by atoms with van der Waals surface area (Å²) >= 11 is 0. The molecule has 0 unspecified atom stereocenters. The van der Waals surface area contributed by atoms with Crippen LogP contribution in [0.15, 0.2) is 48.5 Å². The van der Waals surface area contributed by atoms with Crippen molar-refractivity contribution in [2.45, 2.75) is 59.0 Å². The summed E-state index contributed by atoms with van der Waals surface area (Å²) in [4.78, 5) is 12.3. The van der Waals surface area contributed by atoms with Gasteiger partial charge < -0.3 is 20.1 Å². The van der Waals surface area contributed by atoms with Gasteiger partial charge in [0.05, 0.1) is 24.9 Å². The van der Waals surface area contributed by atoms with Gasteiger partial charge in [0.1, 0.15) is 11.5 Å². The van der Waals surface area contributed by atoms with Crippen molar-refractivity contribution in [2.75, 3.05) is 23.8 Å². The molecule has 0 aromatic heterocycles. The molecule has 0 heterocycles. The summed E-state index contributed by atoms with van der Waals surface area (Å²) in [5.41, 5.74) is 1.53. The molecule has 0 aliphatic carbocycles. The second-order valence-corrected chi connectivity index (χ2v) is 7.36. The van der Waals surface area contributed by atoms with Gasteiger partial charge >= 0.3 is 0 Å². The van der Waals surface area contributed by atoms with Gasteiger partial charge in [0.25, 0.3) is 0 Å². The third-order valence-electron chi connectivity index (χ3n) is 4.32. The number of carbonyl (C=O) groups is 1. The van der Waals surface area contributed by atoms with Gasteiger partial charge in [-0.15, -0.1) is 0 Å². The molecule has 0 spiro atoms. The lowest BCUT2D eigenvalue weighted by Crippen LogP contribution is -2.22. The first-order chi connectivity index (χ1) is 14.1. The Balaban J connectivity index is 1.79. The van der Waals surface area contributed by atoms with Crippen LogP contribution in [0.2, 0.25) is 0 Å². The Morgan fingerprint density at radius 2 is 1.79 bits per heavy atom. The van der Waals surface area contributed by atoms with E-state index in [-0.39, 0.29) is 18.6 Å². The summed E-state index contributed by atoms with van der Waals surface area (Å²) < 4.78 is 11.6. The summed E-state index contributed by atoms with van der Waals surface area (Å²) in [5.74, 6) is 1.40. The van der Waals surface area contributed by atoms with E-state index in [1.807, 2.05) is 62.4 Å². The van der Waals surface area contributed by atoms with Crippen molar-refractivity contribution in [2.24, 2.45) is 0 Å². The standard InChI is InChI=1S/C24H34N2O3/c1-4-5-6-7-10-16-28-21-13-11-12-20(17-21)26-24(27)18-25-22-14-8-9-15-23(22)29-19(2)3/h8-9,11-15,17,19,25H,4-7,10,16,18H2,1-3H3,(H,26,27). The maximum absolute atomic E-state index is 12.3. The molecule has 5 nitrogen and oxygen atoms in total. The molecule has 5 heteroatoms. The maximum atomic E-state index is 12.3. The van der Waals surface area contributed by atoms with Crippen LogP contribution in [-0.4, -0.2) is 25.2 Å². The smallest absolute Gasteiger partial charge is 0.243 e. The quantitative estimate of drug-likeness (QED) is 0.414. The van der Waals surface area contributed by atoms with Crippen LogP contribution in [0, 0.1) is 0 Å². The van der Waals surface area contributed by atoms with E-state index in [2.05, 4.69) is 17.6 Å². The van der Waals surface area contributed by atoms with Crippen LogP contribution in [0.3, 0.4) is 0 Å². The van der Waals surface area contributed by atoms with Gasteiger partial charge in [-0.3, -0.25) is 4.79 Å². The molecule has 2 rings (SSSR count). The molecule has 0 fully saturated rings. The average molecular weight is 399 g/mol. The van der Waals surface area contributed by atoms with Crippen LogP contribution in [0.4, 0.5) is 11.4 Å². The zero-order valence-corrected chi connectivity index (χ0v) is 17.9. The van der Waals surface area contributed by atoms with Gasteiger partial charge in [-0.2, -0.15) is 0 Å². The maximum Gasteiger partial charge on any atom is 0.243 e. The lowest BCUT2D eigenvalue weighted by atomic mass is 10.2. The van der Waals surface area contributed by atoms with Crippen LogP contribution >= 0.6 is 0 Å². The minimum Gasteiger partial charge on any atom is -0.494 e. The molecule has 0 aliphatic heterocycles. The first kappa shape index (κ1) is 22.6. The highest BCUT2D eigenvalue weighted by Crippen LogP contribution is 2.24. The zero-order chi connectivity index (χ0) is 20.9. The highest BCUT2D eigenvalue weighted by molar-refractivity contribution is 5.94. The van der Waals surface area contributed by atoms with Gasteiger partial charge in [-0.05, 0) is 44.5 Å². The van der Waals surface area contributed by atoms with E-state index in [0.717, 1.165) is 29.3 Å². The van der Waals surface area contributed by atoms with Crippen LogP contribution in [0.25, 0.3) is 0 Å². The minimum atomic E-state index is -0.124. The Hall–Kier alpha value is -2.69. The van der Waals surface area contributed by atoms with Gasteiger partial charge in [-0.25, -0.2) is 0 Å². The van der Waals surface area contributed by atoms with Crippen LogP contribution in [0.1, 0.15) is 52.9 Å². The number of amides is 1. The molecule has 2 aromatic carbocycles. The van der Waals surface area contributed by atoms with Gasteiger partial charge in [0.15, 0.2) is 0 Å². The van der Waals surface area contributed by atoms with Crippen molar-refractivity contribution in [3.05, 3.63) is 48.5 Å². The molecule has 2 N–H and O–H groups in total. The normalized spacial score (nSPS) is 10.6. The number of ether oxygens (including phenoxy) is 2. The monoisotopic (exact) mass is 398 g/mol. The summed E-state index contributed by atoms with van der Waals surface area (Å²) in [5, 5.41) is 6.05. The van der Waals surface area contributed by atoms with E-state index in [4.69, 9.17) is 9.47 Å². The van der Waals surface area contributed by atoms with E-state index in [1.54, 1.807) is 0 Å². The number of anilines is 2. The molecule has 0 saturated carbocycles. The molecule has 158 valence electrons. The third-order valence-corrected chi connectivity index (χ3v) is 4.32. The van der Waals surface area contributed by atoms with Crippen molar-refractivity contribution in [1.29, 1.82) is 0 Å². The predicted octanol–water partition coefficient (Wildman–Crippen LogP) is 5.87. The molecule has 0 radical (unpaired) electrons. The molecule has 0 saturated heterocycles. The Morgan fingerprint density at radius 1 is 1.00 bits per heavy atom. The van der Waals surface area contributed by atoms with Gasteiger partial charge in [0, 0.05) is 11.8 Å². The number of carbonyl (C=O) groups excluding carboxylic acids is 1. The number of hydrogen-bond acceptors (Lipinski definition) is 4. The highest BCUT2D eigenvalue weighted by Gasteiger charge is 2.08. The summed E-state index contributed by atoms with van der Waals surface area (Å²) in [6, 6.07) is 15.2. The fourth-order valence-electron chi connectivity index (χ4n) is 2.91. The van der Waals surface area contributed by atoms with Crippen LogP contribution in [-0.2, 0) is 4.79 Å². The molecular weight excluding hydrogens is 364 g/mol. The fraction of sp³-hybridized carbons (Fsp3) is 0.458. The summed E-state index contributed by atoms with van der Waals surface area (Å²) in [6.45, 7) is 7.02. The van der Waals surface area contributed by atoms with Crippen molar-refractivity contribution in [3.8, 4) is 11.5 Å². The van der Waals surface area contributed by atoms with Crippen LogP contribution in [0.5, 0.6) is 11.5 Å². The van der Waals surface area contributed by atoms with E-state index in [1.165, 1.54) is 25.7 Å². The highest BCUT2D eigenvalue weighted by atomic mass is 16.5. The number of benzene rings is 2. The molecular formula is C24H34N2O3. The first-order valence-electron chi connectivity index (χ1n) is 10.6. The topological polar surface area (TPSA) is 59.6 Å². The predicted molar refractivity (Wildman–Crippen MR) is 120 cm³/mol.